The van der Waals surface area contributed by atoms with Crippen LogP contribution in [0.25, 0.3) is 10.9 Å². The molecule has 0 unspecified atom stereocenters. The smallest absolute Gasteiger partial charge is 0.339 e. The molecule has 1 N–H and O–H groups in total. The number of ether oxygens (including phenoxy) is 1. The van der Waals surface area contributed by atoms with Crippen LogP contribution in [-0.4, -0.2) is 23.0 Å². The summed E-state index contributed by atoms with van der Waals surface area (Å²) in [4.78, 5) is 20.0. The maximum absolute atomic E-state index is 12.2. The van der Waals surface area contributed by atoms with Gasteiger partial charge in [0.05, 0.1) is 18.4 Å². The molecule has 0 spiro atoms. The highest BCUT2D eigenvalue weighted by Gasteiger charge is 2.26. The monoisotopic (exact) mass is 384 g/mol. The number of carbonyl (C=O) groups is 1. The van der Waals surface area contributed by atoms with Crippen LogP contribution in [-0.2, 0) is 11.2 Å². The van der Waals surface area contributed by atoms with E-state index in [-0.39, 0.29) is 5.97 Å². The van der Waals surface area contributed by atoms with E-state index < -0.39 is 0 Å². The van der Waals surface area contributed by atoms with E-state index in [2.05, 4.69) is 38.0 Å². The van der Waals surface area contributed by atoms with Crippen LogP contribution in [0.4, 0.5) is 0 Å². The summed E-state index contributed by atoms with van der Waals surface area (Å²) in [5.74, 6) is 0.242. The second kappa shape index (κ2) is 6.06. The fourth-order valence-corrected chi connectivity index (χ4v) is 3.46. The van der Waals surface area contributed by atoms with E-state index in [1.807, 2.05) is 24.5 Å². The molecule has 5 heteroatoms. The number of nitrogens with zero attached hydrogens (tertiary/aromatic N) is 1. The van der Waals surface area contributed by atoms with Gasteiger partial charge >= 0.3 is 5.97 Å². The van der Waals surface area contributed by atoms with Gasteiger partial charge in [-0.25, -0.2) is 4.79 Å². The third-order valence-corrected chi connectivity index (χ3v) is 5.17. The Morgan fingerprint density at radius 1 is 1.38 bits per heavy atom. The molecule has 0 saturated heterocycles. The van der Waals surface area contributed by atoms with E-state index in [0.29, 0.717) is 17.9 Å². The number of aromatic nitrogens is 2. The maximum atomic E-state index is 12.2. The van der Waals surface area contributed by atoms with Crippen molar-refractivity contribution in [2.75, 3.05) is 7.11 Å². The second-order valence-corrected chi connectivity index (χ2v) is 7.08. The van der Waals surface area contributed by atoms with Crippen molar-refractivity contribution in [3.05, 3.63) is 63.5 Å². The largest absolute Gasteiger partial charge is 0.465 e. The van der Waals surface area contributed by atoms with Gasteiger partial charge in [-0.1, -0.05) is 6.07 Å². The van der Waals surface area contributed by atoms with Crippen molar-refractivity contribution in [2.45, 2.75) is 25.2 Å². The van der Waals surface area contributed by atoms with Crippen molar-refractivity contribution in [1.29, 1.82) is 0 Å². The Labute approximate surface area is 148 Å². The number of fused-ring (bicyclic) bond motifs is 1. The Morgan fingerprint density at radius 3 is 2.96 bits per heavy atom. The molecule has 0 radical (unpaired) electrons. The molecule has 4 rings (SSSR count). The Morgan fingerprint density at radius 2 is 2.21 bits per heavy atom. The molecule has 24 heavy (non-hydrogen) atoms. The molecule has 4 nitrogen and oxygen atoms in total. The normalized spacial score (nSPS) is 14.1. The number of rotatable bonds is 4. The standard InChI is InChI=1S/C19H17BrN2O2/c1-24-19(23)15-8-13(12-3-4-12)9-21-18(15)7-11-2-5-17-14(6-11)16(20)10-22-17/h2,5-6,8-10,12,22H,3-4,7H2,1H3. The highest BCUT2D eigenvalue weighted by atomic mass is 79.9. The van der Waals surface area contributed by atoms with E-state index in [1.165, 1.54) is 20.0 Å². The average molecular weight is 385 g/mol. The Kier molecular flexibility index (Phi) is 3.88. The fraction of sp³-hybridized carbons (Fsp3) is 0.263. The molecule has 0 aliphatic heterocycles. The molecule has 1 saturated carbocycles. The number of benzene rings is 1. The van der Waals surface area contributed by atoms with Gasteiger partial charge in [0.25, 0.3) is 0 Å². The predicted octanol–water partition coefficient (Wildman–Crippen LogP) is 4.58. The number of esters is 1. The van der Waals surface area contributed by atoms with Gasteiger partial charge in [0.1, 0.15) is 0 Å². The van der Waals surface area contributed by atoms with Gasteiger partial charge in [0, 0.05) is 34.2 Å². The predicted molar refractivity (Wildman–Crippen MR) is 96.4 cm³/mol. The van der Waals surface area contributed by atoms with E-state index in [0.717, 1.165) is 32.2 Å². The zero-order valence-corrected chi connectivity index (χ0v) is 14.9. The quantitative estimate of drug-likeness (QED) is 0.669. The first-order valence-corrected chi connectivity index (χ1v) is 8.77. The highest BCUT2D eigenvalue weighted by molar-refractivity contribution is 9.10. The minimum absolute atomic E-state index is 0.316. The topological polar surface area (TPSA) is 55.0 Å². The number of halogens is 1. The van der Waals surface area contributed by atoms with Crippen molar-refractivity contribution in [3.63, 3.8) is 0 Å². The number of nitrogens with one attached hydrogen (secondary N) is 1. The molecular formula is C19H17BrN2O2. The average Bonchev–Trinajstić information content (AvgIpc) is 3.39. The van der Waals surface area contributed by atoms with Crippen molar-refractivity contribution in [2.24, 2.45) is 0 Å². The Bertz CT molecular complexity index is 928. The summed E-state index contributed by atoms with van der Waals surface area (Å²) in [5, 5.41) is 1.13. The van der Waals surface area contributed by atoms with Crippen LogP contribution in [0.5, 0.6) is 0 Å². The zero-order chi connectivity index (χ0) is 16.7. The molecule has 1 fully saturated rings. The number of H-pyrrole nitrogens is 1. The van der Waals surface area contributed by atoms with Crippen molar-refractivity contribution < 1.29 is 9.53 Å². The van der Waals surface area contributed by atoms with Crippen LogP contribution in [0.2, 0.25) is 0 Å². The van der Waals surface area contributed by atoms with Crippen LogP contribution >= 0.6 is 15.9 Å². The molecule has 3 aromatic rings. The van der Waals surface area contributed by atoms with E-state index in [1.54, 1.807) is 0 Å². The highest BCUT2D eigenvalue weighted by Crippen LogP contribution is 2.40. The lowest BCUT2D eigenvalue weighted by Crippen LogP contribution is -2.09. The van der Waals surface area contributed by atoms with Gasteiger partial charge in [-0.3, -0.25) is 4.98 Å². The molecule has 122 valence electrons. The summed E-state index contributed by atoms with van der Waals surface area (Å²) in [7, 11) is 1.42. The molecule has 0 bridgehead atoms. The van der Waals surface area contributed by atoms with E-state index in [9.17, 15) is 4.79 Å². The first-order valence-electron chi connectivity index (χ1n) is 7.98. The number of hydrogen-bond acceptors (Lipinski definition) is 3. The van der Waals surface area contributed by atoms with Crippen LogP contribution in [0.1, 0.15) is 45.9 Å². The van der Waals surface area contributed by atoms with Gasteiger partial charge in [0.15, 0.2) is 0 Å². The molecule has 1 aromatic carbocycles. The lowest BCUT2D eigenvalue weighted by molar-refractivity contribution is 0.0599. The lowest BCUT2D eigenvalue weighted by atomic mass is 10.0. The number of aromatic amines is 1. The summed E-state index contributed by atoms with van der Waals surface area (Å²) in [6.07, 6.45) is 6.80. The summed E-state index contributed by atoms with van der Waals surface area (Å²) < 4.78 is 5.99. The molecule has 0 amide bonds. The molecule has 2 heterocycles. The van der Waals surface area contributed by atoms with Gasteiger partial charge in [-0.2, -0.15) is 0 Å². The van der Waals surface area contributed by atoms with Crippen LogP contribution in [0.3, 0.4) is 0 Å². The van der Waals surface area contributed by atoms with Crippen molar-refractivity contribution in [3.8, 4) is 0 Å². The van der Waals surface area contributed by atoms with Crippen molar-refractivity contribution >= 4 is 32.8 Å². The minimum atomic E-state index is -0.316. The summed E-state index contributed by atoms with van der Waals surface area (Å²) in [6.45, 7) is 0. The molecular weight excluding hydrogens is 368 g/mol. The molecule has 0 atom stereocenters. The third kappa shape index (κ3) is 2.84. The lowest BCUT2D eigenvalue weighted by Gasteiger charge is -2.10. The third-order valence-electron chi connectivity index (χ3n) is 4.51. The maximum Gasteiger partial charge on any atom is 0.339 e. The van der Waals surface area contributed by atoms with Gasteiger partial charge in [0.2, 0.25) is 0 Å². The number of pyridine rings is 1. The van der Waals surface area contributed by atoms with E-state index >= 15 is 0 Å². The van der Waals surface area contributed by atoms with Crippen molar-refractivity contribution in [1.82, 2.24) is 9.97 Å². The molecule has 1 aliphatic rings. The SMILES string of the molecule is COC(=O)c1cc(C2CC2)cnc1Cc1ccc2[nH]cc(Br)c2c1. The van der Waals surface area contributed by atoms with Gasteiger partial charge < -0.3 is 9.72 Å². The molecule has 1 aliphatic carbocycles. The summed E-state index contributed by atoms with van der Waals surface area (Å²) in [5.41, 5.74) is 4.67. The second-order valence-electron chi connectivity index (χ2n) is 6.22. The van der Waals surface area contributed by atoms with E-state index in [4.69, 9.17) is 4.74 Å². The zero-order valence-electron chi connectivity index (χ0n) is 13.3. The van der Waals surface area contributed by atoms with Crippen LogP contribution in [0, 0.1) is 0 Å². The number of carbonyl (C=O) groups excluding carboxylic acids is 1. The first-order chi connectivity index (χ1) is 11.7. The van der Waals surface area contributed by atoms with Crippen LogP contribution < -0.4 is 0 Å². The number of hydrogen-bond donors (Lipinski definition) is 1. The molecule has 2 aromatic heterocycles. The fourth-order valence-electron chi connectivity index (χ4n) is 3.01. The minimum Gasteiger partial charge on any atom is -0.465 e. The first kappa shape index (κ1) is 15.4. The Balaban J connectivity index is 1.71. The number of methoxy groups -OCH3 is 1. The Hall–Kier alpha value is -2.14. The van der Waals surface area contributed by atoms with Crippen LogP contribution in [0.15, 0.2) is 41.1 Å². The van der Waals surface area contributed by atoms with Gasteiger partial charge in [-0.15, -0.1) is 0 Å². The summed E-state index contributed by atoms with van der Waals surface area (Å²) in [6, 6.07) is 8.18. The summed E-state index contributed by atoms with van der Waals surface area (Å²) >= 11 is 3.55. The van der Waals surface area contributed by atoms with Gasteiger partial charge in [-0.05, 0) is 64.0 Å².